The van der Waals surface area contributed by atoms with Gasteiger partial charge in [-0.05, 0) is 6.92 Å². The highest BCUT2D eigenvalue weighted by molar-refractivity contribution is 7.13. The van der Waals surface area contributed by atoms with Crippen molar-refractivity contribution in [3.8, 4) is 10.6 Å². The zero-order chi connectivity index (χ0) is 13.3. The van der Waals surface area contributed by atoms with Gasteiger partial charge in [-0.15, -0.1) is 11.3 Å². The number of Topliss-reactive ketones (excluding diaryl/α,β-unsaturated/α-hetero) is 1. The Balaban J connectivity index is 2.32. The Labute approximate surface area is 105 Å². The molecule has 0 amide bonds. The minimum Gasteiger partial charge on any atom is -0.295 e. The van der Waals surface area contributed by atoms with Crippen LogP contribution in [-0.4, -0.2) is 10.8 Å². The Hall–Kier alpha value is -1.69. The minimum atomic E-state index is -4.42. The molecule has 0 fully saturated rings. The molecule has 0 saturated heterocycles. The van der Waals surface area contributed by atoms with Crippen LogP contribution in [0.5, 0.6) is 0 Å². The van der Waals surface area contributed by atoms with E-state index in [2.05, 4.69) is 4.98 Å². The molecule has 2 aromatic rings. The van der Waals surface area contributed by atoms with E-state index in [1.807, 2.05) is 0 Å². The predicted molar refractivity (Wildman–Crippen MR) is 62.6 cm³/mol. The van der Waals surface area contributed by atoms with Gasteiger partial charge in [-0.3, -0.25) is 4.79 Å². The Morgan fingerprint density at radius 3 is 2.28 bits per heavy atom. The van der Waals surface area contributed by atoms with E-state index in [-0.39, 0.29) is 10.8 Å². The topological polar surface area (TPSA) is 30.0 Å². The smallest absolute Gasteiger partial charge is 0.295 e. The van der Waals surface area contributed by atoms with E-state index in [4.69, 9.17) is 0 Å². The molecule has 18 heavy (non-hydrogen) atoms. The molecule has 2 rings (SSSR count). The molecule has 0 saturated carbocycles. The van der Waals surface area contributed by atoms with Crippen LogP contribution in [0, 0.1) is 0 Å². The number of halogens is 3. The first kappa shape index (κ1) is 12.8. The predicted octanol–water partition coefficient (Wildman–Crippen LogP) is 4.03. The first-order chi connectivity index (χ1) is 8.38. The summed E-state index contributed by atoms with van der Waals surface area (Å²) in [4.78, 5) is 14.6. The molecule has 2 nitrogen and oxygen atoms in total. The highest BCUT2D eigenvalue weighted by atomic mass is 32.1. The highest BCUT2D eigenvalue weighted by Crippen LogP contribution is 2.33. The summed E-state index contributed by atoms with van der Waals surface area (Å²) in [5.74, 6) is -0.0864. The summed E-state index contributed by atoms with van der Waals surface area (Å²) in [5.41, 5.74) is 0.199. The van der Waals surface area contributed by atoms with Crippen LogP contribution >= 0.6 is 11.3 Å². The molecule has 0 aliphatic rings. The van der Waals surface area contributed by atoms with Gasteiger partial charge in [0.1, 0.15) is 5.01 Å². The average Bonchev–Trinajstić information content (AvgIpc) is 2.78. The van der Waals surface area contributed by atoms with Gasteiger partial charge in [0.2, 0.25) is 0 Å². The molecule has 1 aromatic carbocycles. The second-order valence-corrected chi connectivity index (χ2v) is 4.53. The molecule has 0 N–H and O–H groups in total. The quantitative estimate of drug-likeness (QED) is 0.772. The fraction of sp³-hybridized carbons (Fsp3) is 0.167. The van der Waals surface area contributed by atoms with Crippen LogP contribution in [0.15, 0.2) is 29.6 Å². The van der Waals surface area contributed by atoms with E-state index in [9.17, 15) is 18.0 Å². The molecule has 1 heterocycles. The lowest BCUT2D eigenvalue weighted by Crippen LogP contribution is -2.04. The van der Waals surface area contributed by atoms with Crippen molar-refractivity contribution in [2.45, 2.75) is 13.1 Å². The third kappa shape index (κ3) is 2.59. The summed E-state index contributed by atoms with van der Waals surface area (Å²) < 4.78 is 37.2. The van der Waals surface area contributed by atoms with Crippen molar-refractivity contribution in [3.63, 3.8) is 0 Å². The van der Waals surface area contributed by atoms with Gasteiger partial charge >= 0.3 is 6.18 Å². The second-order valence-electron chi connectivity index (χ2n) is 3.67. The monoisotopic (exact) mass is 271 g/mol. The number of carbonyl (C=O) groups excluding carboxylic acids is 1. The van der Waals surface area contributed by atoms with Gasteiger partial charge in [-0.2, -0.15) is 13.2 Å². The van der Waals surface area contributed by atoms with E-state index in [0.717, 1.165) is 16.7 Å². The first-order valence-electron chi connectivity index (χ1n) is 5.02. The van der Waals surface area contributed by atoms with Crippen molar-refractivity contribution in [3.05, 3.63) is 40.9 Å². The second kappa shape index (κ2) is 4.53. The highest BCUT2D eigenvalue weighted by Gasteiger charge is 2.33. The van der Waals surface area contributed by atoms with Gasteiger partial charge in [0, 0.05) is 16.5 Å². The van der Waals surface area contributed by atoms with Crippen molar-refractivity contribution in [1.29, 1.82) is 0 Å². The number of thiazole rings is 1. The summed E-state index contributed by atoms with van der Waals surface area (Å²) in [5, 5.41) is 1.27. The minimum absolute atomic E-state index is 0.0864. The number of alkyl halides is 3. The van der Waals surface area contributed by atoms with E-state index in [1.54, 1.807) is 24.3 Å². The van der Waals surface area contributed by atoms with Crippen LogP contribution in [0.4, 0.5) is 13.2 Å². The fourth-order valence-corrected chi connectivity index (χ4v) is 2.22. The van der Waals surface area contributed by atoms with Gasteiger partial charge in [-0.1, -0.05) is 24.3 Å². The molecule has 0 atom stereocenters. The largest absolute Gasteiger partial charge is 0.434 e. The Morgan fingerprint density at radius 1 is 1.22 bits per heavy atom. The zero-order valence-corrected chi connectivity index (χ0v) is 10.1. The summed E-state index contributed by atoms with van der Waals surface area (Å²) in [6, 6.07) is 6.34. The number of benzene rings is 1. The van der Waals surface area contributed by atoms with Crippen LogP contribution in [0.2, 0.25) is 0 Å². The van der Waals surface area contributed by atoms with Crippen molar-refractivity contribution in [2.75, 3.05) is 0 Å². The van der Waals surface area contributed by atoms with E-state index >= 15 is 0 Å². The SMILES string of the molecule is CC(=O)c1ccc(-c2nc(C(F)(F)F)cs2)cc1. The standard InChI is InChI=1S/C12H8F3NOS/c1-7(17)8-2-4-9(5-3-8)11-16-10(6-18-11)12(13,14)15/h2-6H,1H3. The van der Waals surface area contributed by atoms with Gasteiger partial charge in [0.25, 0.3) is 0 Å². The van der Waals surface area contributed by atoms with Gasteiger partial charge in [0.15, 0.2) is 11.5 Å². The number of aromatic nitrogens is 1. The summed E-state index contributed by atoms with van der Waals surface area (Å²) >= 11 is 0.928. The van der Waals surface area contributed by atoms with Crippen LogP contribution in [0.25, 0.3) is 10.6 Å². The third-order valence-corrected chi connectivity index (χ3v) is 3.22. The summed E-state index contributed by atoms with van der Waals surface area (Å²) in [6.07, 6.45) is -4.42. The molecular weight excluding hydrogens is 263 g/mol. The maximum Gasteiger partial charge on any atom is 0.434 e. The van der Waals surface area contributed by atoms with Crippen molar-refractivity contribution < 1.29 is 18.0 Å². The lowest BCUT2D eigenvalue weighted by Gasteiger charge is -2.01. The number of carbonyl (C=O) groups is 1. The summed E-state index contributed by atoms with van der Waals surface area (Å²) in [7, 11) is 0. The van der Waals surface area contributed by atoms with Gasteiger partial charge in [-0.25, -0.2) is 4.98 Å². The number of ketones is 1. The van der Waals surface area contributed by atoms with E-state index in [1.165, 1.54) is 6.92 Å². The van der Waals surface area contributed by atoms with Crippen LogP contribution in [-0.2, 0) is 6.18 Å². The molecule has 0 aliphatic heterocycles. The Kier molecular flexibility index (Phi) is 3.21. The zero-order valence-electron chi connectivity index (χ0n) is 9.28. The number of rotatable bonds is 2. The maximum atomic E-state index is 12.4. The van der Waals surface area contributed by atoms with E-state index < -0.39 is 11.9 Å². The molecular formula is C12H8F3NOS. The van der Waals surface area contributed by atoms with Crippen LogP contribution in [0.3, 0.4) is 0 Å². The summed E-state index contributed by atoms with van der Waals surface area (Å²) in [6.45, 7) is 1.43. The molecule has 0 spiro atoms. The molecule has 1 aromatic heterocycles. The Bertz CT molecular complexity index is 572. The third-order valence-electron chi connectivity index (χ3n) is 2.33. The molecule has 0 radical (unpaired) electrons. The number of hydrogen-bond acceptors (Lipinski definition) is 3. The number of hydrogen-bond donors (Lipinski definition) is 0. The molecule has 94 valence electrons. The van der Waals surface area contributed by atoms with Crippen molar-refractivity contribution in [2.24, 2.45) is 0 Å². The maximum absolute atomic E-state index is 12.4. The lowest BCUT2D eigenvalue weighted by atomic mass is 10.1. The Morgan fingerprint density at radius 2 is 1.83 bits per heavy atom. The average molecular weight is 271 g/mol. The fourth-order valence-electron chi connectivity index (χ4n) is 1.38. The normalized spacial score (nSPS) is 11.6. The molecule has 6 heteroatoms. The van der Waals surface area contributed by atoms with Crippen LogP contribution in [0.1, 0.15) is 23.0 Å². The molecule has 0 aliphatic carbocycles. The lowest BCUT2D eigenvalue weighted by molar-refractivity contribution is -0.140. The van der Waals surface area contributed by atoms with Gasteiger partial charge in [0.05, 0.1) is 0 Å². The first-order valence-corrected chi connectivity index (χ1v) is 5.90. The van der Waals surface area contributed by atoms with Gasteiger partial charge < -0.3 is 0 Å². The molecule has 0 unspecified atom stereocenters. The van der Waals surface area contributed by atoms with Crippen molar-refractivity contribution >= 4 is 17.1 Å². The van der Waals surface area contributed by atoms with Crippen molar-refractivity contribution in [1.82, 2.24) is 4.98 Å². The molecule has 0 bridgehead atoms. The van der Waals surface area contributed by atoms with Crippen LogP contribution < -0.4 is 0 Å². The number of nitrogens with zero attached hydrogens (tertiary/aromatic N) is 1. The van der Waals surface area contributed by atoms with E-state index in [0.29, 0.717) is 11.1 Å².